The summed E-state index contributed by atoms with van der Waals surface area (Å²) in [5.41, 5.74) is 1.30. The first-order valence-electron chi connectivity index (χ1n) is 6.98. The molecule has 7 heteroatoms. The van der Waals surface area contributed by atoms with Crippen molar-refractivity contribution in [2.45, 2.75) is 13.5 Å². The number of carbonyl (C=O) groups is 2. The molecule has 0 aliphatic carbocycles. The summed E-state index contributed by atoms with van der Waals surface area (Å²) in [6, 6.07) is 6.92. The Kier molecular flexibility index (Phi) is 3.61. The number of aromatic nitrogens is 2. The lowest BCUT2D eigenvalue weighted by Gasteiger charge is -2.14. The molecule has 0 saturated heterocycles. The zero-order valence-electron chi connectivity index (χ0n) is 12.7. The van der Waals surface area contributed by atoms with Gasteiger partial charge in [-0.15, -0.1) is 0 Å². The van der Waals surface area contributed by atoms with E-state index < -0.39 is 5.97 Å². The van der Waals surface area contributed by atoms with Crippen LogP contribution in [0.25, 0.3) is 5.52 Å². The van der Waals surface area contributed by atoms with Crippen molar-refractivity contribution < 1.29 is 19.1 Å². The lowest BCUT2D eigenvalue weighted by atomic mass is 10.2. The van der Waals surface area contributed by atoms with Gasteiger partial charge < -0.3 is 14.4 Å². The molecule has 3 heterocycles. The summed E-state index contributed by atoms with van der Waals surface area (Å²) in [4.78, 5) is 25.1. The molecule has 0 aliphatic rings. The Labute approximate surface area is 131 Å². The van der Waals surface area contributed by atoms with E-state index in [4.69, 9.17) is 9.52 Å². The highest BCUT2D eigenvalue weighted by atomic mass is 16.4. The first-order valence-corrected chi connectivity index (χ1v) is 6.98. The van der Waals surface area contributed by atoms with E-state index in [1.54, 1.807) is 24.7 Å². The molecule has 1 amide bonds. The van der Waals surface area contributed by atoms with Crippen molar-refractivity contribution in [2.75, 3.05) is 7.05 Å². The minimum Gasteiger partial charge on any atom is -0.478 e. The largest absolute Gasteiger partial charge is 0.478 e. The maximum absolute atomic E-state index is 12.6. The molecular weight excluding hydrogens is 298 g/mol. The number of pyridine rings is 1. The number of fused-ring (bicyclic) bond motifs is 1. The van der Waals surface area contributed by atoms with Crippen LogP contribution in [-0.4, -0.2) is 38.5 Å². The summed E-state index contributed by atoms with van der Waals surface area (Å²) in [5.74, 6) is -0.511. The van der Waals surface area contributed by atoms with Crippen molar-refractivity contribution in [2.24, 2.45) is 0 Å². The van der Waals surface area contributed by atoms with E-state index in [2.05, 4.69) is 5.10 Å². The minimum absolute atomic E-state index is 0.108. The minimum atomic E-state index is -1.05. The number of carbonyl (C=O) groups excluding carboxylic acids is 1. The zero-order chi connectivity index (χ0) is 16.6. The molecule has 0 aliphatic heterocycles. The van der Waals surface area contributed by atoms with Gasteiger partial charge in [0.05, 0.1) is 23.8 Å². The van der Waals surface area contributed by atoms with E-state index in [0.717, 1.165) is 0 Å². The molecule has 118 valence electrons. The van der Waals surface area contributed by atoms with Gasteiger partial charge >= 0.3 is 5.97 Å². The number of amides is 1. The van der Waals surface area contributed by atoms with E-state index in [-0.39, 0.29) is 18.0 Å². The van der Waals surface area contributed by atoms with Crippen molar-refractivity contribution in [3.05, 3.63) is 59.3 Å². The van der Waals surface area contributed by atoms with Crippen molar-refractivity contribution in [3.8, 4) is 0 Å². The van der Waals surface area contributed by atoms with Crippen molar-refractivity contribution >= 4 is 17.4 Å². The smallest absolute Gasteiger partial charge is 0.339 e. The fourth-order valence-corrected chi connectivity index (χ4v) is 2.44. The van der Waals surface area contributed by atoms with Crippen LogP contribution in [0.15, 0.2) is 41.1 Å². The Morgan fingerprint density at radius 3 is 2.83 bits per heavy atom. The predicted octanol–water partition coefficient (Wildman–Crippen LogP) is 2.21. The monoisotopic (exact) mass is 313 g/mol. The maximum Gasteiger partial charge on any atom is 0.339 e. The number of hydrogen-bond acceptors (Lipinski definition) is 4. The molecule has 0 bridgehead atoms. The number of aryl methyl sites for hydroxylation is 1. The van der Waals surface area contributed by atoms with Crippen molar-refractivity contribution in [3.63, 3.8) is 0 Å². The Hall–Kier alpha value is -3.09. The maximum atomic E-state index is 12.6. The first kappa shape index (κ1) is 14.8. The SMILES string of the molecule is Cc1oc(CN(C)C(=O)c2cnn3ccccc23)cc1C(=O)O. The highest BCUT2D eigenvalue weighted by Crippen LogP contribution is 2.18. The fourth-order valence-electron chi connectivity index (χ4n) is 2.44. The van der Waals surface area contributed by atoms with Gasteiger partial charge in [-0.1, -0.05) is 6.07 Å². The third kappa shape index (κ3) is 2.68. The molecule has 0 aromatic carbocycles. The van der Waals surface area contributed by atoms with Gasteiger partial charge in [-0.25, -0.2) is 9.31 Å². The van der Waals surface area contributed by atoms with Gasteiger partial charge in [0.15, 0.2) is 0 Å². The second-order valence-corrected chi connectivity index (χ2v) is 5.24. The molecule has 3 aromatic heterocycles. The van der Waals surface area contributed by atoms with Crippen LogP contribution in [0.5, 0.6) is 0 Å². The molecule has 7 nitrogen and oxygen atoms in total. The van der Waals surface area contributed by atoms with Crippen molar-refractivity contribution in [1.82, 2.24) is 14.5 Å². The topological polar surface area (TPSA) is 88.0 Å². The molecule has 3 aromatic rings. The van der Waals surface area contributed by atoms with E-state index >= 15 is 0 Å². The van der Waals surface area contributed by atoms with Crippen LogP contribution in [0.2, 0.25) is 0 Å². The number of nitrogens with zero attached hydrogens (tertiary/aromatic N) is 3. The third-order valence-electron chi connectivity index (χ3n) is 3.60. The molecule has 0 radical (unpaired) electrons. The van der Waals surface area contributed by atoms with Crippen LogP contribution < -0.4 is 0 Å². The second-order valence-electron chi connectivity index (χ2n) is 5.24. The van der Waals surface area contributed by atoms with Gasteiger partial charge in [0.2, 0.25) is 0 Å². The van der Waals surface area contributed by atoms with E-state index in [1.165, 1.54) is 17.2 Å². The van der Waals surface area contributed by atoms with Gasteiger partial charge in [0, 0.05) is 13.2 Å². The van der Waals surface area contributed by atoms with Crippen LogP contribution in [0.4, 0.5) is 0 Å². The standard InChI is InChI=1S/C16H15N3O4/c1-10-12(16(21)22)7-11(23-10)9-18(2)15(20)13-8-17-19-6-4-3-5-14(13)19/h3-8H,9H2,1-2H3,(H,21,22). The van der Waals surface area contributed by atoms with Gasteiger partial charge in [0.1, 0.15) is 17.1 Å². The van der Waals surface area contributed by atoms with Crippen LogP contribution >= 0.6 is 0 Å². The number of furan rings is 1. The molecule has 0 unspecified atom stereocenters. The Balaban J connectivity index is 1.83. The summed E-state index contributed by atoms with van der Waals surface area (Å²) in [5, 5.41) is 13.2. The van der Waals surface area contributed by atoms with E-state index in [9.17, 15) is 9.59 Å². The van der Waals surface area contributed by atoms with Gasteiger partial charge in [-0.05, 0) is 25.1 Å². The zero-order valence-corrected chi connectivity index (χ0v) is 12.7. The van der Waals surface area contributed by atoms with Crippen LogP contribution in [-0.2, 0) is 6.54 Å². The second kappa shape index (κ2) is 5.60. The lowest BCUT2D eigenvalue weighted by molar-refractivity contribution is 0.0694. The van der Waals surface area contributed by atoms with Crippen LogP contribution in [0.1, 0.15) is 32.2 Å². The molecule has 0 saturated carbocycles. The Morgan fingerprint density at radius 2 is 2.13 bits per heavy atom. The molecular formula is C16H15N3O4. The van der Waals surface area contributed by atoms with Gasteiger partial charge in [-0.2, -0.15) is 5.10 Å². The van der Waals surface area contributed by atoms with E-state index in [1.807, 2.05) is 18.2 Å². The van der Waals surface area contributed by atoms with Crippen molar-refractivity contribution in [1.29, 1.82) is 0 Å². The number of hydrogen-bond donors (Lipinski definition) is 1. The lowest BCUT2D eigenvalue weighted by Crippen LogP contribution is -2.25. The number of rotatable bonds is 4. The summed E-state index contributed by atoms with van der Waals surface area (Å²) >= 11 is 0. The molecule has 1 N–H and O–H groups in total. The highest BCUT2D eigenvalue weighted by Gasteiger charge is 2.20. The van der Waals surface area contributed by atoms with Crippen LogP contribution in [0.3, 0.4) is 0 Å². The Morgan fingerprint density at radius 1 is 1.35 bits per heavy atom. The molecule has 23 heavy (non-hydrogen) atoms. The molecule has 3 rings (SSSR count). The van der Waals surface area contributed by atoms with E-state index in [0.29, 0.717) is 22.6 Å². The number of aromatic carboxylic acids is 1. The number of carboxylic acid groups (broad SMARTS) is 1. The fraction of sp³-hybridized carbons (Fsp3) is 0.188. The Bertz CT molecular complexity index is 894. The highest BCUT2D eigenvalue weighted by molar-refractivity contribution is 6.00. The molecule has 0 spiro atoms. The average molecular weight is 313 g/mol. The molecule has 0 fully saturated rings. The number of carboxylic acids is 1. The third-order valence-corrected chi connectivity index (χ3v) is 3.60. The first-order chi connectivity index (χ1) is 11.0. The quantitative estimate of drug-likeness (QED) is 0.798. The summed E-state index contributed by atoms with van der Waals surface area (Å²) in [6.07, 6.45) is 3.28. The van der Waals surface area contributed by atoms with Gasteiger partial charge in [0.25, 0.3) is 5.91 Å². The summed E-state index contributed by atoms with van der Waals surface area (Å²) in [6.45, 7) is 1.76. The summed E-state index contributed by atoms with van der Waals surface area (Å²) in [7, 11) is 1.63. The predicted molar refractivity (Wildman–Crippen MR) is 81.4 cm³/mol. The van der Waals surface area contributed by atoms with Crippen LogP contribution in [0, 0.1) is 6.92 Å². The summed E-state index contributed by atoms with van der Waals surface area (Å²) < 4.78 is 7.03. The van der Waals surface area contributed by atoms with Gasteiger partial charge in [-0.3, -0.25) is 4.79 Å². The normalized spacial score (nSPS) is 10.9. The average Bonchev–Trinajstić information content (AvgIpc) is 3.10. The molecule has 0 atom stereocenters.